The van der Waals surface area contributed by atoms with E-state index in [0.717, 1.165) is 11.1 Å². The largest absolute Gasteiger partial charge is 0.394 e. The minimum atomic E-state index is -0.969. The molecule has 4 N–H and O–H groups in total. The van der Waals surface area contributed by atoms with E-state index in [9.17, 15) is 14.7 Å². The normalized spacial score (nSPS) is 15.6. The maximum atomic E-state index is 13.2. The summed E-state index contributed by atoms with van der Waals surface area (Å²) in [5, 5.41) is 16.2. The van der Waals surface area contributed by atoms with Gasteiger partial charge in [-0.05, 0) is 24.1 Å². The third-order valence-electron chi connectivity index (χ3n) is 6.34. The molecule has 2 aromatic carbocycles. The smallest absolute Gasteiger partial charge is 0.254 e. The first kappa shape index (κ1) is 25.2. The van der Waals surface area contributed by atoms with Crippen molar-refractivity contribution in [2.24, 2.45) is 0 Å². The minimum Gasteiger partial charge on any atom is -0.394 e. The number of carbonyl (C=O) groups excluding carboxylic acids is 2. The Hall–Kier alpha value is -4.41. The molecule has 0 saturated heterocycles. The number of anilines is 1. The van der Waals surface area contributed by atoms with Gasteiger partial charge in [0, 0.05) is 23.7 Å². The Morgan fingerprint density at radius 1 is 1.26 bits per heavy atom. The molecule has 0 bridgehead atoms. The summed E-state index contributed by atoms with van der Waals surface area (Å²) in [6.45, 7) is 1.61. The number of fused-ring (bicyclic) bond motifs is 1. The molecule has 2 aliphatic heterocycles. The Balaban J connectivity index is 1.31. The zero-order valence-electron chi connectivity index (χ0n) is 20.4. The fourth-order valence-corrected chi connectivity index (χ4v) is 4.49. The van der Waals surface area contributed by atoms with Crippen molar-refractivity contribution in [1.82, 2.24) is 25.7 Å². The van der Waals surface area contributed by atoms with E-state index in [1.807, 2.05) is 42.5 Å². The number of hydroxylamine groups is 1. The number of allylic oxidation sites excluding steroid dienone is 1. The van der Waals surface area contributed by atoms with Crippen LogP contribution in [0.25, 0.3) is 11.3 Å². The van der Waals surface area contributed by atoms with E-state index in [2.05, 4.69) is 26.1 Å². The lowest BCUT2D eigenvalue weighted by molar-refractivity contribution is -0.124. The van der Waals surface area contributed by atoms with Gasteiger partial charge in [0.05, 0.1) is 41.0 Å². The van der Waals surface area contributed by atoms with Gasteiger partial charge in [-0.3, -0.25) is 9.59 Å². The first-order valence-corrected chi connectivity index (χ1v) is 12.2. The number of nitrogens with one attached hydrogen (secondary N) is 3. The van der Waals surface area contributed by atoms with Gasteiger partial charge in [0.15, 0.2) is 0 Å². The Morgan fingerprint density at radius 2 is 2.08 bits per heavy atom. The number of rotatable bonds is 8. The molecule has 10 nitrogen and oxygen atoms in total. The van der Waals surface area contributed by atoms with E-state index in [0.29, 0.717) is 40.0 Å². The highest BCUT2D eigenvalue weighted by molar-refractivity contribution is 6.33. The van der Waals surface area contributed by atoms with Gasteiger partial charge in [-0.25, -0.2) is 15.4 Å². The monoisotopic (exact) mass is 532 g/mol. The highest BCUT2D eigenvalue weighted by Crippen LogP contribution is 2.31. The number of benzene rings is 2. The quantitative estimate of drug-likeness (QED) is 0.348. The van der Waals surface area contributed by atoms with E-state index in [1.165, 1.54) is 17.4 Å². The molecular formula is C27H25ClN6O4. The first-order chi connectivity index (χ1) is 18.4. The number of hydrogen-bond donors (Lipinski definition) is 4. The molecule has 0 aliphatic carbocycles. The molecule has 2 aliphatic rings. The van der Waals surface area contributed by atoms with E-state index in [1.54, 1.807) is 25.3 Å². The van der Waals surface area contributed by atoms with Crippen LogP contribution in [0.5, 0.6) is 0 Å². The van der Waals surface area contributed by atoms with Gasteiger partial charge in [0.1, 0.15) is 12.8 Å². The Morgan fingerprint density at radius 3 is 2.82 bits per heavy atom. The van der Waals surface area contributed by atoms with Crippen LogP contribution < -0.4 is 16.1 Å². The van der Waals surface area contributed by atoms with Gasteiger partial charge in [-0.15, -0.1) is 0 Å². The van der Waals surface area contributed by atoms with E-state index < -0.39 is 5.54 Å². The molecule has 3 aromatic rings. The van der Waals surface area contributed by atoms with Crippen LogP contribution in [0, 0.1) is 0 Å². The zero-order chi connectivity index (χ0) is 26.7. The number of aromatic nitrogens is 2. The molecule has 1 atom stereocenters. The molecule has 2 amide bonds. The summed E-state index contributed by atoms with van der Waals surface area (Å²) < 4.78 is 0. The SMILES string of the molecule is CC(CO)(NC(=O)CN1Cc2ccc(-c3nc(NC4=CNOC=C4)ncc3Cl)cc2C1=O)c1ccccc1. The van der Waals surface area contributed by atoms with Gasteiger partial charge in [-0.2, -0.15) is 0 Å². The topological polar surface area (TPSA) is 129 Å². The van der Waals surface area contributed by atoms with Crippen molar-refractivity contribution in [2.45, 2.75) is 19.0 Å². The number of carbonyl (C=O) groups is 2. The minimum absolute atomic E-state index is 0.145. The van der Waals surface area contributed by atoms with Crippen molar-refractivity contribution in [3.05, 3.63) is 101 Å². The number of aliphatic hydroxyl groups excluding tert-OH is 1. The molecule has 11 heteroatoms. The molecule has 0 spiro atoms. The van der Waals surface area contributed by atoms with Crippen LogP contribution >= 0.6 is 11.6 Å². The molecule has 1 unspecified atom stereocenters. The molecule has 5 rings (SSSR count). The lowest BCUT2D eigenvalue weighted by Crippen LogP contribution is -2.49. The zero-order valence-corrected chi connectivity index (χ0v) is 21.2. The highest BCUT2D eigenvalue weighted by Gasteiger charge is 2.32. The predicted octanol–water partition coefficient (Wildman–Crippen LogP) is 3.08. The molecule has 1 aromatic heterocycles. The van der Waals surface area contributed by atoms with E-state index >= 15 is 0 Å². The van der Waals surface area contributed by atoms with Crippen LogP contribution in [0.2, 0.25) is 5.02 Å². The lowest BCUT2D eigenvalue weighted by atomic mass is 9.93. The molecule has 0 saturated carbocycles. The standard InChI is InChI=1S/C27H25ClN6O4/c1-27(16-35,19-5-3-2-4-6-19)33-23(36)15-34-14-18-8-7-17(11-21(18)25(34)37)24-22(28)13-29-26(32-24)31-20-9-10-38-30-12-20/h2-13,30,35H,14-16H2,1H3,(H,33,36)(H,29,31,32). The van der Waals surface area contributed by atoms with Crippen LogP contribution in [-0.2, 0) is 21.7 Å². The summed E-state index contributed by atoms with van der Waals surface area (Å²) in [6, 6.07) is 14.6. The fourth-order valence-electron chi connectivity index (χ4n) is 4.29. The predicted molar refractivity (Wildman–Crippen MR) is 141 cm³/mol. The number of hydrogen-bond acceptors (Lipinski definition) is 8. The van der Waals surface area contributed by atoms with Crippen molar-refractivity contribution in [2.75, 3.05) is 18.5 Å². The van der Waals surface area contributed by atoms with Crippen molar-refractivity contribution in [3.8, 4) is 11.3 Å². The van der Waals surface area contributed by atoms with Crippen LogP contribution in [-0.4, -0.2) is 44.9 Å². The average molecular weight is 533 g/mol. The second kappa shape index (κ2) is 10.5. The lowest BCUT2D eigenvalue weighted by Gasteiger charge is -2.30. The third kappa shape index (κ3) is 5.17. The number of aliphatic hydroxyl groups is 1. The fraction of sp³-hybridized carbons (Fsp3) is 0.185. The molecule has 38 heavy (non-hydrogen) atoms. The second-order valence-corrected chi connectivity index (χ2v) is 9.50. The van der Waals surface area contributed by atoms with Gasteiger partial charge < -0.3 is 25.5 Å². The number of halogens is 1. The summed E-state index contributed by atoms with van der Waals surface area (Å²) in [7, 11) is 0. The second-order valence-electron chi connectivity index (χ2n) is 9.09. The van der Waals surface area contributed by atoms with Crippen molar-refractivity contribution in [3.63, 3.8) is 0 Å². The molecule has 0 radical (unpaired) electrons. The molecular weight excluding hydrogens is 508 g/mol. The Bertz CT molecular complexity index is 1440. The summed E-state index contributed by atoms with van der Waals surface area (Å²) >= 11 is 6.40. The number of amides is 2. The van der Waals surface area contributed by atoms with Gasteiger partial charge in [0.2, 0.25) is 11.9 Å². The van der Waals surface area contributed by atoms with E-state index in [-0.39, 0.29) is 25.0 Å². The summed E-state index contributed by atoms with van der Waals surface area (Å²) in [5.41, 5.74) is 5.48. The van der Waals surface area contributed by atoms with Crippen molar-refractivity contribution in [1.29, 1.82) is 0 Å². The van der Waals surface area contributed by atoms with Crippen LogP contribution in [0.15, 0.2) is 79.0 Å². The van der Waals surface area contributed by atoms with Gasteiger partial charge >= 0.3 is 0 Å². The molecule has 0 fully saturated rings. The van der Waals surface area contributed by atoms with Crippen molar-refractivity contribution < 1.29 is 19.5 Å². The number of nitrogens with zero attached hydrogens (tertiary/aromatic N) is 3. The Labute approximate surface area is 224 Å². The maximum Gasteiger partial charge on any atom is 0.254 e. The average Bonchev–Trinajstić information content (AvgIpc) is 3.24. The molecule has 3 heterocycles. The van der Waals surface area contributed by atoms with Gasteiger partial charge in [-0.1, -0.05) is 54.1 Å². The first-order valence-electron chi connectivity index (χ1n) is 11.8. The summed E-state index contributed by atoms with van der Waals surface area (Å²) in [5.74, 6) is -0.318. The third-order valence-corrected chi connectivity index (χ3v) is 6.61. The highest BCUT2D eigenvalue weighted by atomic mass is 35.5. The van der Waals surface area contributed by atoms with E-state index in [4.69, 9.17) is 16.4 Å². The molecule has 194 valence electrons. The summed E-state index contributed by atoms with van der Waals surface area (Å²) in [4.78, 5) is 41.2. The van der Waals surface area contributed by atoms with Crippen LogP contribution in [0.3, 0.4) is 0 Å². The van der Waals surface area contributed by atoms with Crippen LogP contribution in [0.4, 0.5) is 5.95 Å². The van der Waals surface area contributed by atoms with Crippen molar-refractivity contribution >= 4 is 29.4 Å². The summed E-state index contributed by atoms with van der Waals surface area (Å²) in [6.07, 6.45) is 6.28. The van der Waals surface area contributed by atoms with Crippen LogP contribution in [0.1, 0.15) is 28.4 Å². The Kier molecular flexibility index (Phi) is 6.99. The maximum absolute atomic E-state index is 13.2. The van der Waals surface area contributed by atoms with Gasteiger partial charge in [0.25, 0.3) is 5.91 Å².